The molecule has 0 aliphatic carbocycles. The Balaban J connectivity index is 0. The van der Waals surface area contributed by atoms with E-state index in [1.165, 1.54) is 6.92 Å². The van der Waals surface area contributed by atoms with Crippen molar-refractivity contribution in [3.8, 4) is 0 Å². The Morgan fingerprint density at radius 1 is 1.64 bits per heavy atom. The Hall–Kier alpha value is -0.650. The molecule has 0 heterocycles. The minimum Gasteiger partial charge on any atom is -0.480 e. The van der Waals surface area contributed by atoms with Crippen LogP contribution in [-0.4, -0.2) is 40.0 Å². The molecule has 2 atom stereocenters. The highest BCUT2D eigenvalue weighted by molar-refractivity contribution is 5.73. The van der Waals surface area contributed by atoms with Gasteiger partial charge in [0.2, 0.25) is 0 Å². The van der Waals surface area contributed by atoms with Crippen LogP contribution in [-0.2, 0) is 4.79 Å². The first-order valence-electron chi connectivity index (χ1n) is 3.24. The molecule has 0 radical (unpaired) electrons. The van der Waals surface area contributed by atoms with Gasteiger partial charge in [0.25, 0.3) is 0 Å². The lowest BCUT2D eigenvalue weighted by Crippen LogP contribution is -2.39. The van der Waals surface area contributed by atoms with Crippen molar-refractivity contribution < 1.29 is 20.1 Å². The second kappa shape index (κ2) is 7.46. The number of aliphatic hydroxyl groups excluding tert-OH is 2. The third-order valence-corrected chi connectivity index (χ3v) is 0.805. The van der Waals surface area contributed by atoms with Crippen molar-refractivity contribution in [1.29, 1.82) is 0 Å². The summed E-state index contributed by atoms with van der Waals surface area (Å²) >= 11 is 0. The molecular weight excluding hydrogens is 150 g/mol. The number of rotatable bonds is 2. The monoisotopic (exact) mass is 165 g/mol. The first-order valence-corrected chi connectivity index (χ1v) is 3.24. The summed E-state index contributed by atoms with van der Waals surface area (Å²) in [6, 6.07) is -1.16. The Morgan fingerprint density at radius 2 is 1.91 bits per heavy atom. The van der Waals surface area contributed by atoms with Gasteiger partial charge in [0, 0.05) is 6.61 Å². The van der Waals surface area contributed by atoms with Gasteiger partial charge in [0.05, 0.1) is 6.10 Å². The summed E-state index contributed by atoms with van der Waals surface area (Å²) in [6.45, 7) is 3.26. The predicted molar refractivity (Wildman–Crippen MR) is 40.1 cm³/mol. The summed E-state index contributed by atoms with van der Waals surface area (Å²) < 4.78 is 0. The van der Waals surface area contributed by atoms with E-state index in [0.29, 0.717) is 0 Å². The average Bonchev–Trinajstić information content (AvgIpc) is 1.87. The van der Waals surface area contributed by atoms with Crippen LogP contribution in [0.25, 0.3) is 0 Å². The number of hydrogen-bond donors (Lipinski definition) is 4. The molecule has 11 heavy (non-hydrogen) atoms. The van der Waals surface area contributed by atoms with Crippen LogP contribution < -0.4 is 5.73 Å². The first-order chi connectivity index (χ1) is 4.97. The highest BCUT2D eigenvalue weighted by Crippen LogP contribution is 1.85. The van der Waals surface area contributed by atoms with E-state index >= 15 is 0 Å². The number of nitrogens with two attached hydrogens (primary N) is 1. The minimum absolute atomic E-state index is 0.250. The van der Waals surface area contributed by atoms with Gasteiger partial charge in [-0.2, -0.15) is 0 Å². The van der Waals surface area contributed by atoms with Crippen molar-refractivity contribution in [2.75, 3.05) is 6.61 Å². The van der Waals surface area contributed by atoms with Crippen LogP contribution in [0, 0.1) is 0 Å². The number of aliphatic hydroxyl groups is 2. The molecule has 0 saturated heterocycles. The molecule has 0 aliphatic rings. The van der Waals surface area contributed by atoms with Gasteiger partial charge >= 0.3 is 5.97 Å². The molecule has 0 aliphatic heterocycles. The zero-order valence-corrected chi connectivity index (χ0v) is 6.69. The summed E-state index contributed by atoms with van der Waals surface area (Å²) in [5, 5.41) is 24.1. The van der Waals surface area contributed by atoms with Crippen molar-refractivity contribution in [1.82, 2.24) is 0 Å². The van der Waals surface area contributed by atoms with E-state index in [-0.39, 0.29) is 6.61 Å². The van der Waals surface area contributed by atoms with Crippen LogP contribution in [0.3, 0.4) is 0 Å². The van der Waals surface area contributed by atoms with E-state index in [9.17, 15) is 4.79 Å². The van der Waals surface area contributed by atoms with E-state index < -0.39 is 18.1 Å². The molecule has 0 bridgehead atoms. The third-order valence-electron chi connectivity index (χ3n) is 0.805. The molecule has 68 valence electrons. The van der Waals surface area contributed by atoms with E-state index in [1.54, 1.807) is 6.92 Å². The molecule has 0 rings (SSSR count). The lowest BCUT2D eigenvalue weighted by atomic mass is 10.2. The van der Waals surface area contributed by atoms with E-state index in [0.717, 1.165) is 0 Å². The molecule has 0 spiro atoms. The molecule has 2 unspecified atom stereocenters. The summed E-state index contributed by atoms with van der Waals surface area (Å²) in [5.74, 6) is -1.18. The van der Waals surface area contributed by atoms with Crippen LogP contribution in [0.2, 0.25) is 0 Å². The van der Waals surface area contributed by atoms with E-state index in [4.69, 9.17) is 21.1 Å². The highest BCUT2D eigenvalue weighted by Gasteiger charge is 2.16. The average molecular weight is 165 g/mol. The number of carboxylic acid groups (broad SMARTS) is 1. The maximum absolute atomic E-state index is 9.86. The van der Waals surface area contributed by atoms with Crippen molar-refractivity contribution in [3.63, 3.8) is 0 Å². The minimum atomic E-state index is -1.18. The molecular formula is C6H15NO4. The number of carbonyl (C=O) groups is 1. The molecule has 5 nitrogen and oxygen atoms in total. The van der Waals surface area contributed by atoms with Gasteiger partial charge < -0.3 is 21.1 Å². The molecule has 5 N–H and O–H groups in total. The van der Waals surface area contributed by atoms with E-state index in [1.807, 2.05) is 0 Å². The van der Waals surface area contributed by atoms with Gasteiger partial charge in [-0.1, -0.05) is 0 Å². The Kier molecular flexibility index (Phi) is 8.80. The molecule has 0 aromatic rings. The second-order valence-electron chi connectivity index (χ2n) is 1.92. The largest absolute Gasteiger partial charge is 0.480 e. The van der Waals surface area contributed by atoms with Crippen LogP contribution >= 0.6 is 0 Å². The number of hydrogen-bond acceptors (Lipinski definition) is 4. The fourth-order valence-corrected chi connectivity index (χ4v) is 0.206. The fourth-order valence-electron chi connectivity index (χ4n) is 0.206. The fraction of sp³-hybridized carbons (Fsp3) is 0.833. The number of carboxylic acids is 1. The zero-order valence-electron chi connectivity index (χ0n) is 6.69. The summed E-state index contributed by atoms with van der Waals surface area (Å²) in [7, 11) is 0. The zero-order chi connectivity index (χ0) is 9.44. The predicted octanol–water partition coefficient (Wildman–Crippen LogP) is -1.22. The smallest absolute Gasteiger partial charge is 0.323 e. The third kappa shape index (κ3) is 9.35. The molecule has 0 amide bonds. The van der Waals surface area contributed by atoms with Crippen molar-refractivity contribution in [2.24, 2.45) is 5.73 Å². The topological polar surface area (TPSA) is 104 Å². The molecule has 5 heteroatoms. The second-order valence-corrected chi connectivity index (χ2v) is 1.92. The summed E-state index contributed by atoms with van der Waals surface area (Å²) in [5.41, 5.74) is 4.91. The van der Waals surface area contributed by atoms with Crippen LogP contribution in [0.15, 0.2) is 0 Å². The normalized spacial score (nSPS) is 14.3. The molecule has 0 fully saturated rings. The maximum Gasteiger partial charge on any atom is 0.323 e. The van der Waals surface area contributed by atoms with Gasteiger partial charge in [-0.15, -0.1) is 0 Å². The standard InChI is InChI=1S/C4H9NO3.C2H6O/c1-2(6)3(5)4(7)8;1-2-3/h2-3,6H,5H2,1H3,(H,7,8);3H,2H2,1H3. The Morgan fingerprint density at radius 3 is 1.91 bits per heavy atom. The molecule has 0 saturated carbocycles. The summed E-state index contributed by atoms with van der Waals surface area (Å²) in [6.07, 6.45) is -0.979. The number of aliphatic carboxylic acids is 1. The SMILES string of the molecule is CC(O)C(N)C(=O)O.CCO. The van der Waals surface area contributed by atoms with Crippen LogP contribution in [0.1, 0.15) is 13.8 Å². The maximum atomic E-state index is 9.86. The van der Waals surface area contributed by atoms with Gasteiger partial charge in [-0.05, 0) is 13.8 Å². The first kappa shape index (κ1) is 13.0. The van der Waals surface area contributed by atoms with Crippen molar-refractivity contribution in [2.45, 2.75) is 26.0 Å². The van der Waals surface area contributed by atoms with Crippen molar-refractivity contribution >= 4 is 5.97 Å². The Bertz CT molecular complexity index is 105. The quantitative estimate of drug-likeness (QED) is 0.410. The molecule has 0 aromatic heterocycles. The summed E-state index contributed by atoms with van der Waals surface area (Å²) in [4.78, 5) is 9.86. The van der Waals surface area contributed by atoms with Gasteiger partial charge in [-0.3, -0.25) is 4.79 Å². The lowest BCUT2D eigenvalue weighted by molar-refractivity contribution is -0.140. The molecule has 0 aromatic carbocycles. The Labute approximate surface area is 65.5 Å². The van der Waals surface area contributed by atoms with Gasteiger partial charge in [0.15, 0.2) is 0 Å². The van der Waals surface area contributed by atoms with Gasteiger partial charge in [0.1, 0.15) is 6.04 Å². The van der Waals surface area contributed by atoms with Crippen LogP contribution in [0.5, 0.6) is 0 Å². The lowest BCUT2D eigenvalue weighted by Gasteiger charge is -2.06. The van der Waals surface area contributed by atoms with E-state index in [2.05, 4.69) is 0 Å². The highest BCUT2D eigenvalue weighted by atomic mass is 16.4. The van der Waals surface area contributed by atoms with Crippen molar-refractivity contribution in [3.05, 3.63) is 0 Å². The van der Waals surface area contributed by atoms with Crippen LogP contribution in [0.4, 0.5) is 0 Å². The van der Waals surface area contributed by atoms with Gasteiger partial charge in [-0.25, -0.2) is 0 Å².